The first kappa shape index (κ1) is 7.38. The molecule has 0 aromatic carbocycles. The quantitative estimate of drug-likeness (QED) is 0.561. The number of hydrogen-bond donors (Lipinski definition) is 0. The van der Waals surface area contributed by atoms with Gasteiger partial charge in [0.05, 0.1) is 0 Å². The summed E-state index contributed by atoms with van der Waals surface area (Å²) >= 11 is 7.05. The maximum absolute atomic E-state index is 5.57. The predicted molar refractivity (Wildman–Crippen MR) is 37.4 cm³/mol. The molecule has 7 heavy (non-hydrogen) atoms. The van der Waals surface area contributed by atoms with Crippen LogP contribution < -0.4 is 0 Å². The highest BCUT2D eigenvalue weighted by Gasteiger charge is 1.83. The Kier molecular flexibility index (Phi) is 4.78. The fraction of sp³-hybridized carbons (Fsp3) is 0.400. The van der Waals surface area contributed by atoms with E-state index in [0.29, 0.717) is 0 Å². The zero-order chi connectivity index (χ0) is 5.70. The minimum Gasteiger partial charge on any atom is -0.155 e. The Morgan fingerprint density at radius 3 is 2.71 bits per heavy atom. The molecule has 0 atom stereocenters. The van der Waals surface area contributed by atoms with Crippen molar-refractivity contribution in [1.29, 1.82) is 0 Å². The van der Waals surface area contributed by atoms with Crippen molar-refractivity contribution in [3.63, 3.8) is 0 Å². The normalized spacial score (nSPS) is 12.1. The fourth-order valence-corrected chi connectivity index (χ4v) is 0.774. The van der Waals surface area contributed by atoms with E-state index < -0.39 is 0 Å². The van der Waals surface area contributed by atoms with Gasteiger partial charge in [-0.2, -0.15) is 11.8 Å². The van der Waals surface area contributed by atoms with E-state index in [1.165, 1.54) is 11.8 Å². The highest BCUT2D eigenvalue weighted by Crippen LogP contribution is 2.08. The Labute approximate surface area is 53.9 Å². The van der Waals surface area contributed by atoms with Crippen LogP contribution in [0.25, 0.3) is 0 Å². The van der Waals surface area contributed by atoms with E-state index in [1.54, 1.807) is 0 Å². The van der Waals surface area contributed by atoms with Gasteiger partial charge in [0.25, 0.3) is 0 Å². The van der Waals surface area contributed by atoms with Gasteiger partial charge < -0.3 is 0 Å². The third-order valence-electron chi connectivity index (χ3n) is 0.553. The van der Waals surface area contributed by atoms with Gasteiger partial charge in [0.2, 0.25) is 0 Å². The Morgan fingerprint density at radius 1 is 2.00 bits per heavy atom. The van der Waals surface area contributed by atoms with Gasteiger partial charge in [-0.05, 0) is 6.92 Å². The van der Waals surface area contributed by atoms with E-state index in [2.05, 4.69) is 6.26 Å². The first-order valence-electron chi connectivity index (χ1n) is 1.99. The predicted octanol–water partition coefficient (Wildman–Crippen LogP) is 2.65. The lowest BCUT2D eigenvalue weighted by molar-refractivity contribution is 1.61. The van der Waals surface area contributed by atoms with Crippen molar-refractivity contribution in [1.82, 2.24) is 0 Å². The molecule has 0 bridgehead atoms. The van der Waals surface area contributed by atoms with Crippen LogP contribution in [-0.4, -0.2) is 5.75 Å². The molecule has 0 rings (SSSR count). The molecule has 0 amide bonds. The smallest absolute Gasteiger partial charge is 0.0289 e. The standard InChI is InChI=1S/C5H8ClS/c1-3-5(6)4-7-2/h3H,2,4H2,1H3/b5-3-. The van der Waals surface area contributed by atoms with Crippen LogP contribution in [0.1, 0.15) is 6.92 Å². The van der Waals surface area contributed by atoms with Crippen molar-refractivity contribution >= 4 is 23.4 Å². The molecule has 0 N–H and O–H groups in total. The number of hydrogen-bond acceptors (Lipinski definition) is 1. The summed E-state index contributed by atoms with van der Waals surface area (Å²) in [6.45, 7) is 1.92. The minimum absolute atomic E-state index is 0.831. The van der Waals surface area contributed by atoms with Gasteiger partial charge in [-0.15, -0.1) is 0 Å². The lowest BCUT2D eigenvalue weighted by Crippen LogP contribution is -1.70. The summed E-state index contributed by atoms with van der Waals surface area (Å²) in [5.74, 6) is 0.831. The molecule has 0 aromatic rings. The van der Waals surface area contributed by atoms with Crippen LogP contribution in [0.4, 0.5) is 0 Å². The maximum atomic E-state index is 5.57. The lowest BCUT2D eigenvalue weighted by atomic mass is 10.6. The summed E-state index contributed by atoms with van der Waals surface area (Å²) in [7, 11) is 0. The molecule has 0 unspecified atom stereocenters. The van der Waals surface area contributed by atoms with Crippen molar-refractivity contribution in [3.8, 4) is 0 Å². The molecule has 0 aromatic heterocycles. The van der Waals surface area contributed by atoms with Crippen LogP contribution in [0.15, 0.2) is 11.1 Å². The molecular formula is C5H8ClS. The van der Waals surface area contributed by atoms with Gasteiger partial charge in [0.15, 0.2) is 0 Å². The molecule has 0 aliphatic carbocycles. The van der Waals surface area contributed by atoms with Gasteiger partial charge >= 0.3 is 0 Å². The molecule has 1 radical (unpaired) electrons. The third kappa shape index (κ3) is 4.23. The number of halogens is 1. The second-order valence-corrected chi connectivity index (χ2v) is 2.27. The fourth-order valence-electron chi connectivity index (χ4n) is 0.181. The summed E-state index contributed by atoms with van der Waals surface area (Å²) in [6.07, 6.45) is 5.44. The van der Waals surface area contributed by atoms with Crippen LogP contribution in [0, 0.1) is 6.26 Å². The average Bonchev–Trinajstić information content (AvgIpc) is 1.68. The van der Waals surface area contributed by atoms with E-state index in [-0.39, 0.29) is 0 Å². The summed E-state index contributed by atoms with van der Waals surface area (Å²) in [6, 6.07) is 0. The van der Waals surface area contributed by atoms with Crippen LogP contribution in [-0.2, 0) is 0 Å². The van der Waals surface area contributed by atoms with Crippen LogP contribution in [0.5, 0.6) is 0 Å². The average molecular weight is 136 g/mol. The van der Waals surface area contributed by atoms with Crippen LogP contribution in [0.2, 0.25) is 0 Å². The molecule has 0 nitrogen and oxygen atoms in total. The van der Waals surface area contributed by atoms with Crippen molar-refractivity contribution in [2.75, 3.05) is 5.75 Å². The molecule has 0 saturated heterocycles. The molecule has 0 spiro atoms. The number of rotatable bonds is 2. The van der Waals surface area contributed by atoms with Crippen molar-refractivity contribution in [2.45, 2.75) is 6.92 Å². The molecule has 0 saturated carbocycles. The van der Waals surface area contributed by atoms with Gasteiger partial charge in [0, 0.05) is 17.0 Å². The topological polar surface area (TPSA) is 0 Å². The van der Waals surface area contributed by atoms with E-state index in [4.69, 9.17) is 11.6 Å². The summed E-state index contributed by atoms with van der Waals surface area (Å²) in [5.41, 5.74) is 0. The molecular weight excluding hydrogens is 128 g/mol. The molecule has 0 heterocycles. The Balaban J connectivity index is 3.17. The lowest BCUT2D eigenvalue weighted by Gasteiger charge is -1.87. The number of allylic oxidation sites excluding steroid dienone is 1. The summed E-state index contributed by atoms with van der Waals surface area (Å²) < 4.78 is 0. The first-order chi connectivity index (χ1) is 3.31. The Hall–Kier alpha value is 0.380. The van der Waals surface area contributed by atoms with E-state index in [0.717, 1.165) is 10.8 Å². The van der Waals surface area contributed by atoms with Crippen molar-refractivity contribution in [2.24, 2.45) is 0 Å². The second kappa shape index (κ2) is 4.54. The third-order valence-corrected chi connectivity index (χ3v) is 1.58. The second-order valence-electron chi connectivity index (χ2n) is 1.08. The van der Waals surface area contributed by atoms with E-state index >= 15 is 0 Å². The highest BCUT2D eigenvalue weighted by atomic mass is 35.5. The summed E-state index contributed by atoms with van der Waals surface area (Å²) in [5, 5.41) is 0.875. The van der Waals surface area contributed by atoms with Gasteiger partial charge in [-0.25, -0.2) is 0 Å². The minimum atomic E-state index is 0.831. The molecule has 0 fully saturated rings. The van der Waals surface area contributed by atoms with Crippen LogP contribution >= 0.6 is 23.4 Å². The molecule has 0 aliphatic heterocycles. The Bertz CT molecular complexity index is 68.5. The SMILES string of the molecule is [CH2]SC/C(Cl)=C/C. The summed E-state index contributed by atoms with van der Waals surface area (Å²) in [4.78, 5) is 0. The van der Waals surface area contributed by atoms with Crippen molar-refractivity contribution < 1.29 is 0 Å². The largest absolute Gasteiger partial charge is 0.155 e. The van der Waals surface area contributed by atoms with E-state index in [1.807, 2.05) is 13.0 Å². The maximum Gasteiger partial charge on any atom is 0.0289 e. The van der Waals surface area contributed by atoms with Crippen molar-refractivity contribution in [3.05, 3.63) is 17.4 Å². The molecule has 41 valence electrons. The highest BCUT2D eigenvalue weighted by molar-refractivity contribution is 8.00. The zero-order valence-corrected chi connectivity index (χ0v) is 5.85. The van der Waals surface area contributed by atoms with Gasteiger partial charge in [-0.3, -0.25) is 0 Å². The number of thioether (sulfide) groups is 1. The monoisotopic (exact) mass is 135 g/mol. The molecule has 0 aliphatic rings. The first-order valence-corrected chi connectivity index (χ1v) is 3.52. The van der Waals surface area contributed by atoms with Gasteiger partial charge in [-0.1, -0.05) is 17.7 Å². The molecule has 2 heteroatoms. The van der Waals surface area contributed by atoms with E-state index in [9.17, 15) is 0 Å². The zero-order valence-electron chi connectivity index (χ0n) is 4.28. The Morgan fingerprint density at radius 2 is 2.57 bits per heavy atom. The van der Waals surface area contributed by atoms with Gasteiger partial charge in [0.1, 0.15) is 0 Å². The van der Waals surface area contributed by atoms with Crippen LogP contribution in [0.3, 0.4) is 0 Å².